The van der Waals surface area contributed by atoms with Crippen molar-refractivity contribution in [1.29, 1.82) is 0 Å². The van der Waals surface area contributed by atoms with Crippen LogP contribution in [0.15, 0.2) is 45.3 Å². The van der Waals surface area contributed by atoms with Gasteiger partial charge in [0, 0.05) is 24.4 Å². The van der Waals surface area contributed by atoms with Crippen molar-refractivity contribution in [3.05, 3.63) is 53.6 Å². The zero-order chi connectivity index (χ0) is 13.9. The number of rotatable bonds is 4. The monoisotopic (exact) mass is 270 g/mol. The van der Waals surface area contributed by atoms with E-state index in [2.05, 4.69) is 10.5 Å². The van der Waals surface area contributed by atoms with Gasteiger partial charge in [-0.2, -0.15) is 0 Å². The van der Waals surface area contributed by atoms with Gasteiger partial charge in [0.1, 0.15) is 17.1 Å². The van der Waals surface area contributed by atoms with Crippen molar-refractivity contribution < 1.29 is 13.7 Å². The number of carbonyl (C=O) groups excluding carboxylic acids is 1. The summed E-state index contributed by atoms with van der Waals surface area (Å²) >= 11 is 0. The molecule has 1 N–H and O–H groups in total. The van der Waals surface area contributed by atoms with Gasteiger partial charge in [-0.3, -0.25) is 4.79 Å². The van der Waals surface area contributed by atoms with Crippen molar-refractivity contribution in [2.24, 2.45) is 0 Å². The van der Waals surface area contributed by atoms with Crippen LogP contribution in [0.5, 0.6) is 0 Å². The normalized spacial score (nSPS) is 10.8. The lowest BCUT2D eigenvalue weighted by Crippen LogP contribution is -2.25. The van der Waals surface area contributed by atoms with Gasteiger partial charge in [-0.25, -0.2) is 0 Å². The molecule has 3 rings (SSSR count). The minimum absolute atomic E-state index is 0.238. The average Bonchev–Trinajstić information content (AvgIpc) is 3.04. The second kappa shape index (κ2) is 5.21. The lowest BCUT2D eigenvalue weighted by atomic mass is 10.2. The summed E-state index contributed by atoms with van der Waals surface area (Å²) in [6, 6.07) is 11.4. The predicted octanol–water partition coefficient (Wildman–Crippen LogP) is 2.70. The third-order valence-corrected chi connectivity index (χ3v) is 2.99. The summed E-state index contributed by atoms with van der Waals surface area (Å²) in [6.45, 7) is 2.24. The van der Waals surface area contributed by atoms with Crippen LogP contribution in [-0.4, -0.2) is 17.6 Å². The molecule has 0 saturated heterocycles. The number of amides is 1. The molecular formula is C15H14N2O3. The zero-order valence-electron chi connectivity index (χ0n) is 11.1. The third kappa shape index (κ3) is 2.56. The van der Waals surface area contributed by atoms with E-state index in [0.29, 0.717) is 24.4 Å². The molecule has 0 spiro atoms. The Hall–Kier alpha value is -2.56. The summed E-state index contributed by atoms with van der Waals surface area (Å²) in [7, 11) is 0. The maximum absolute atomic E-state index is 11.8. The smallest absolute Gasteiger partial charge is 0.273 e. The number of furan rings is 1. The van der Waals surface area contributed by atoms with Crippen molar-refractivity contribution >= 4 is 16.9 Å². The number of aromatic nitrogens is 1. The van der Waals surface area contributed by atoms with Crippen LogP contribution in [0.4, 0.5) is 0 Å². The molecular weight excluding hydrogens is 256 g/mol. The molecule has 0 aliphatic carbocycles. The van der Waals surface area contributed by atoms with E-state index in [9.17, 15) is 4.79 Å². The number of nitrogens with zero attached hydrogens (tertiary/aromatic N) is 1. The van der Waals surface area contributed by atoms with E-state index in [4.69, 9.17) is 8.94 Å². The van der Waals surface area contributed by atoms with Gasteiger partial charge in [0.25, 0.3) is 5.91 Å². The van der Waals surface area contributed by atoms with Crippen molar-refractivity contribution in [3.63, 3.8) is 0 Å². The summed E-state index contributed by atoms with van der Waals surface area (Å²) < 4.78 is 10.5. The predicted molar refractivity (Wildman–Crippen MR) is 73.5 cm³/mol. The molecule has 1 amide bonds. The van der Waals surface area contributed by atoms with Gasteiger partial charge in [0.2, 0.25) is 0 Å². The Balaban J connectivity index is 1.58. The number of nitrogens with one attached hydrogen (secondary N) is 1. The third-order valence-electron chi connectivity index (χ3n) is 2.99. The zero-order valence-corrected chi connectivity index (χ0v) is 11.1. The highest BCUT2D eigenvalue weighted by atomic mass is 16.5. The van der Waals surface area contributed by atoms with Crippen LogP contribution in [0, 0.1) is 6.92 Å². The first kappa shape index (κ1) is 12.5. The van der Waals surface area contributed by atoms with Gasteiger partial charge < -0.3 is 14.3 Å². The Bertz CT molecular complexity index is 709. The van der Waals surface area contributed by atoms with E-state index >= 15 is 0 Å². The van der Waals surface area contributed by atoms with Crippen molar-refractivity contribution in [2.45, 2.75) is 13.3 Å². The molecule has 0 radical (unpaired) electrons. The molecule has 0 atom stereocenters. The number of aryl methyl sites for hydroxylation is 1. The van der Waals surface area contributed by atoms with Gasteiger partial charge in [-0.05, 0) is 19.1 Å². The Morgan fingerprint density at radius 1 is 1.30 bits per heavy atom. The lowest BCUT2D eigenvalue weighted by Gasteiger charge is -2.00. The Kier molecular flexibility index (Phi) is 3.25. The van der Waals surface area contributed by atoms with Crippen LogP contribution in [0.3, 0.4) is 0 Å². The number of hydrogen-bond acceptors (Lipinski definition) is 4. The van der Waals surface area contributed by atoms with Crippen molar-refractivity contribution in [1.82, 2.24) is 10.5 Å². The van der Waals surface area contributed by atoms with Crippen LogP contribution in [0.2, 0.25) is 0 Å². The van der Waals surface area contributed by atoms with Crippen LogP contribution in [0.1, 0.15) is 22.0 Å². The number of hydrogen-bond donors (Lipinski definition) is 1. The SMILES string of the molecule is Cc1cc(C(=O)NCCc2cc3ccccc3o2)no1. The topological polar surface area (TPSA) is 68.3 Å². The standard InChI is InChI=1S/C15H14N2O3/c1-10-8-13(17-20-10)15(18)16-7-6-12-9-11-4-2-3-5-14(11)19-12/h2-5,8-9H,6-7H2,1H3,(H,16,18). The lowest BCUT2D eigenvalue weighted by molar-refractivity contribution is 0.0944. The number of carbonyl (C=O) groups is 1. The Morgan fingerprint density at radius 2 is 2.15 bits per heavy atom. The molecule has 0 bridgehead atoms. The molecule has 20 heavy (non-hydrogen) atoms. The number of fused-ring (bicyclic) bond motifs is 1. The largest absolute Gasteiger partial charge is 0.461 e. The van der Waals surface area contributed by atoms with Gasteiger partial charge in [-0.1, -0.05) is 23.4 Å². The van der Waals surface area contributed by atoms with E-state index < -0.39 is 0 Å². The van der Waals surface area contributed by atoms with E-state index in [0.717, 1.165) is 16.7 Å². The highest BCUT2D eigenvalue weighted by molar-refractivity contribution is 5.92. The minimum Gasteiger partial charge on any atom is -0.461 e. The van der Waals surface area contributed by atoms with Crippen LogP contribution >= 0.6 is 0 Å². The molecule has 2 aromatic heterocycles. The van der Waals surface area contributed by atoms with Gasteiger partial charge in [0.05, 0.1) is 0 Å². The molecule has 1 aromatic carbocycles. The maximum Gasteiger partial charge on any atom is 0.273 e. The summed E-state index contributed by atoms with van der Waals surface area (Å²) in [5.74, 6) is 1.23. The summed E-state index contributed by atoms with van der Waals surface area (Å²) in [5.41, 5.74) is 1.16. The molecule has 0 unspecified atom stereocenters. The van der Waals surface area contributed by atoms with Gasteiger partial charge in [-0.15, -0.1) is 0 Å². The Morgan fingerprint density at radius 3 is 2.90 bits per heavy atom. The second-order valence-electron chi connectivity index (χ2n) is 4.58. The van der Waals surface area contributed by atoms with Crippen LogP contribution in [0.25, 0.3) is 11.0 Å². The molecule has 3 aromatic rings. The first-order valence-electron chi connectivity index (χ1n) is 6.41. The van der Waals surface area contributed by atoms with Crippen LogP contribution in [-0.2, 0) is 6.42 Å². The minimum atomic E-state index is -0.238. The molecule has 0 fully saturated rings. The van der Waals surface area contributed by atoms with Gasteiger partial charge >= 0.3 is 0 Å². The van der Waals surface area contributed by atoms with E-state index in [1.807, 2.05) is 30.3 Å². The highest BCUT2D eigenvalue weighted by Crippen LogP contribution is 2.18. The Labute approximate surface area is 115 Å². The summed E-state index contributed by atoms with van der Waals surface area (Å²) in [5, 5.41) is 7.52. The van der Waals surface area contributed by atoms with E-state index in [-0.39, 0.29) is 5.91 Å². The fourth-order valence-electron chi connectivity index (χ4n) is 2.02. The summed E-state index contributed by atoms with van der Waals surface area (Å²) in [4.78, 5) is 11.8. The molecule has 0 saturated carbocycles. The molecule has 5 nitrogen and oxygen atoms in total. The quantitative estimate of drug-likeness (QED) is 0.791. The fourth-order valence-corrected chi connectivity index (χ4v) is 2.02. The molecule has 0 aliphatic heterocycles. The number of benzene rings is 1. The fraction of sp³-hybridized carbons (Fsp3) is 0.200. The maximum atomic E-state index is 11.8. The van der Waals surface area contributed by atoms with Crippen LogP contribution < -0.4 is 5.32 Å². The average molecular weight is 270 g/mol. The summed E-state index contributed by atoms with van der Waals surface area (Å²) in [6.07, 6.45) is 0.636. The molecule has 0 aliphatic rings. The van der Waals surface area contributed by atoms with Gasteiger partial charge in [0.15, 0.2) is 5.69 Å². The number of para-hydroxylation sites is 1. The first-order chi connectivity index (χ1) is 9.72. The first-order valence-corrected chi connectivity index (χ1v) is 6.41. The molecule has 2 heterocycles. The van der Waals surface area contributed by atoms with Crippen molar-refractivity contribution in [2.75, 3.05) is 6.54 Å². The highest BCUT2D eigenvalue weighted by Gasteiger charge is 2.10. The molecule has 5 heteroatoms. The van der Waals surface area contributed by atoms with Crippen molar-refractivity contribution in [3.8, 4) is 0 Å². The van der Waals surface area contributed by atoms with E-state index in [1.165, 1.54) is 0 Å². The van der Waals surface area contributed by atoms with E-state index in [1.54, 1.807) is 13.0 Å². The second-order valence-corrected chi connectivity index (χ2v) is 4.58. The molecule has 102 valence electrons.